The highest BCUT2D eigenvalue weighted by atomic mass is 32.2. The fourth-order valence-corrected chi connectivity index (χ4v) is 5.94. The molecule has 4 nitrogen and oxygen atoms in total. The lowest BCUT2D eigenvalue weighted by molar-refractivity contribution is -0.137. The van der Waals surface area contributed by atoms with Crippen LogP contribution in [0.3, 0.4) is 0 Å². The summed E-state index contributed by atoms with van der Waals surface area (Å²) in [4.78, 5) is 1.40. The van der Waals surface area contributed by atoms with E-state index < -0.39 is 38.2 Å². The van der Waals surface area contributed by atoms with Crippen LogP contribution in [0.25, 0.3) is 0 Å². The van der Waals surface area contributed by atoms with E-state index >= 15 is 0 Å². The normalized spacial score (nSPS) is 18.3. The third kappa shape index (κ3) is 4.42. The van der Waals surface area contributed by atoms with Crippen molar-refractivity contribution in [2.75, 3.05) is 6.54 Å². The van der Waals surface area contributed by atoms with Crippen LogP contribution in [0.5, 0.6) is 0 Å². The number of aliphatic hydroxyl groups excluding tert-OH is 1. The van der Waals surface area contributed by atoms with Crippen molar-refractivity contribution < 1.29 is 26.7 Å². The summed E-state index contributed by atoms with van der Waals surface area (Å²) in [6, 6.07) is 7.51. The van der Waals surface area contributed by atoms with E-state index in [1.54, 1.807) is 6.92 Å². The quantitative estimate of drug-likeness (QED) is 0.699. The van der Waals surface area contributed by atoms with Crippen LogP contribution in [0.4, 0.5) is 13.2 Å². The largest absolute Gasteiger partial charge is 0.416 e. The molecule has 1 atom stereocenters. The van der Waals surface area contributed by atoms with Gasteiger partial charge in [-0.15, -0.1) is 11.3 Å². The fourth-order valence-electron chi connectivity index (χ4n) is 3.58. The van der Waals surface area contributed by atoms with Crippen LogP contribution < -0.4 is 4.72 Å². The number of halogens is 3. The molecule has 2 aromatic rings. The van der Waals surface area contributed by atoms with Crippen LogP contribution in [-0.4, -0.2) is 20.1 Å². The molecule has 0 amide bonds. The van der Waals surface area contributed by atoms with Gasteiger partial charge in [-0.25, -0.2) is 13.1 Å². The molecule has 1 aromatic carbocycles. The van der Waals surface area contributed by atoms with Crippen molar-refractivity contribution in [1.29, 1.82) is 0 Å². The van der Waals surface area contributed by atoms with E-state index in [0.717, 1.165) is 53.6 Å². The van der Waals surface area contributed by atoms with Crippen LogP contribution in [-0.2, 0) is 21.6 Å². The van der Waals surface area contributed by atoms with Gasteiger partial charge >= 0.3 is 6.18 Å². The van der Waals surface area contributed by atoms with Crippen molar-refractivity contribution >= 4 is 21.4 Å². The van der Waals surface area contributed by atoms with E-state index in [-0.39, 0.29) is 6.54 Å². The summed E-state index contributed by atoms with van der Waals surface area (Å²) < 4.78 is 66.5. The van der Waals surface area contributed by atoms with Crippen LogP contribution in [0.15, 0.2) is 41.3 Å². The molecule has 2 N–H and O–H groups in total. The molecule has 0 saturated heterocycles. The first-order chi connectivity index (χ1) is 13.0. The lowest BCUT2D eigenvalue weighted by atomic mass is 9.85. The van der Waals surface area contributed by atoms with Gasteiger partial charge in [0.1, 0.15) is 0 Å². The molecule has 9 heteroatoms. The molecule has 0 radical (unpaired) electrons. The summed E-state index contributed by atoms with van der Waals surface area (Å²) >= 11 is 1.46. The van der Waals surface area contributed by atoms with Gasteiger partial charge in [0.15, 0.2) is 0 Å². The third-order valence-corrected chi connectivity index (χ3v) is 8.09. The molecule has 154 valence electrons. The highest BCUT2D eigenvalue weighted by molar-refractivity contribution is 7.89. The van der Waals surface area contributed by atoms with Crippen LogP contribution in [0.2, 0.25) is 0 Å². The molecule has 1 aliphatic rings. The molecular weight excluding hydrogens is 411 g/mol. The van der Waals surface area contributed by atoms with Gasteiger partial charge in [-0.3, -0.25) is 0 Å². The standard InChI is InChI=1S/C19H22F3NO3S2/c1-13(24)16-7-8-17(27-16)18(9-2-3-10-18)12-23-28(25,26)15-6-4-5-14(11-15)19(20,21)22/h4-8,11,13,23-24H,2-3,9-10,12H2,1H3. The molecule has 3 rings (SSSR count). The number of aliphatic hydroxyl groups is 1. The zero-order chi connectivity index (χ0) is 20.6. The second-order valence-electron chi connectivity index (χ2n) is 7.22. The van der Waals surface area contributed by atoms with Crippen molar-refractivity contribution in [2.24, 2.45) is 0 Å². The van der Waals surface area contributed by atoms with Gasteiger partial charge < -0.3 is 5.11 Å². The van der Waals surface area contributed by atoms with E-state index in [4.69, 9.17) is 0 Å². The third-order valence-electron chi connectivity index (χ3n) is 5.19. The lowest BCUT2D eigenvalue weighted by Crippen LogP contribution is -2.38. The summed E-state index contributed by atoms with van der Waals surface area (Å²) in [7, 11) is -4.08. The Morgan fingerprint density at radius 2 is 1.89 bits per heavy atom. The molecule has 28 heavy (non-hydrogen) atoms. The topological polar surface area (TPSA) is 66.4 Å². The van der Waals surface area contributed by atoms with Gasteiger partial charge in [0.05, 0.1) is 16.6 Å². The van der Waals surface area contributed by atoms with E-state index in [9.17, 15) is 26.7 Å². The number of benzene rings is 1. The lowest BCUT2D eigenvalue weighted by Gasteiger charge is -2.28. The minimum absolute atomic E-state index is 0.116. The average Bonchev–Trinajstić information content (AvgIpc) is 3.30. The Labute approximate surface area is 166 Å². The van der Waals surface area contributed by atoms with Crippen molar-refractivity contribution in [3.63, 3.8) is 0 Å². The number of thiophene rings is 1. The predicted molar refractivity (Wildman–Crippen MR) is 102 cm³/mol. The Hall–Kier alpha value is -1.42. The number of alkyl halides is 3. The Kier molecular flexibility index (Phi) is 5.91. The maximum absolute atomic E-state index is 12.9. The SMILES string of the molecule is CC(O)c1ccc(C2(CNS(=O)(=O)c3cccc(C(F)(F)F)c3)CCCC2)s1. The minimum atomic E-state index is -4.60. The molecule has 1 saturated carbocycles. The van der Waals surface area contributed by atoms with E-state index in [1.165, 1.54) is 11.3 Å². The zero-order valence-corrected chi connectivity index (χ0v) is 16.9. The van der Waals surface area contributed by atoms with Crippen LogP contribution >= 0.6 is 11.3 Å². The van der Waals surface area contributed by atoms with Gasteiger partial charge in [0.2, 0.25) is 10.0 Å². The number of sulfonamides is 1. The monoisotopic (exact) mass is 433 g/mol. The minimum Gasteiger partial charge on any atom is -0.388 e. The maximum atomic E-state index is 12.9. The highest BCUT2D eigenvalue weighted by Gasteiger charge is 2.38. The molecule has 0 aliphatic heterocycles. The van der Waals surface area contributed by atoms with Crippen molar-refractivity contribution in [2.45, 2.75) is 55.2 Å². The number of hydrogen-bond donors (Lipinski definition) is 2. The van der Waals surface area contributed by atoms with Gasteiger partial charge in [-0.05, 0) is 50.1 Å². The molecule has 1 aromatic heterocycles. The van der Waals surface area contributed by atoms with Gasteiger partial charge in [0.25, 0.3) is 0 Å². The van der Waals surface area contributed by atoms with Crippen molar-refractivity contribution in [3.8, 4) is 0 Å². The molecular formula is C19H22F3NO3S2. The smallest absolute Gasteiger partial charge is 0.388 e. The molecule has 1 aliphatic carbocycles. The Morgan fingerprint density at radius 1 is 1.21 bits per heavy atom. The second kappa shape index (κ2) is 7.78. The van der Waals surface area contributed by atoms with Crippen LogP contribution in [0.1, 0.15) is 54.0 Å². The summed E-state index contributed by atoms with van der Waals surface area (Å²) in [6.45, 7) is 1.79. The Morgan fingerprint density at radius 3 is 2.46 bits per heavy atom. The average molecular weight is 434 g/mol. The summed E-state index contributed by atoms with van der Waals surface area (Å²) in [5, 5.41) is 9.77. The first-order valence-corrected chi connectivity index (χ1v) is 11.3. The molecule has 1 fully saturated rings. The van der Waals surface area contributed by atoms with E-state index in [0.29, 0.717) is 6.07 Å². The number of rotatable bonds is 6. The Bertz CT molecular complexity index is 930. The highest BCUT2D eigenvalue weighted by Crippen LogP contribution is 2.44. The molecule has 1 unspecified atom stereocenters. The first kappa shape index (κ1) is 21.3. The van der Waals surface area contributed by atoms with Gasteiger partial charge in [-0.2, -0.15) is 13.2 Å². The molecule has 0 bridgehead atoms. The maximum Gasteiger partial charge on any atom is 0.416 e. The van der Waals surface area contributed by atoms with Crippen molar-refractivity contribution in [3.05, 3.63) is 51.7 Å². The van der Waals surface area contributed by atoms with Crippen LogP contribution in [0, 0.1) is 0 Å². The first-order valence-electron chi connectivity index (χ1n) is 8.99. The number of hydrogen-bond acceptors (Lipinski definition) is 4. The second-order valence-corrected chi connectivity index (χ2v) is 10.1. The van der Waals surface area contributed by atoms with Gasteiger partial charge in [0, 0.05) is 21.7 Å². The molecule has 0 spiro atoms. The summed E-state index contributed by atoms with van der Waals surface area (Å²) in [5.41, 5.74) is -1.39. The predicted octanol–water partition coefficient (Wildman–Crippen LogP) is 4.61. The van der Waals surface area contributed by atoms with Gasteiger partial charge in [-0.1, -0.05) is 18.9 Å². The number of nitrogens with one attached hydrogen (secondary N) is 1. The van der Waals surface area contributed by atoms with E-state index in [2.05, 4.69) is 4.72 Å². The van der Waals surface area contributed by atoms with Crippen molar-refractivity contribution in [1.82, 2.24) is 4.72 Å². The zero-order valence-electron chi connectivity index (χ0n) is 15.3. The Balaban J connectivity index is 1.83. The molecule has 1 heterocycles. The fraction of sp³-hybridized carbons (Fsp3) is 0.474. The summed E-state index contributed by atoms with van der Waals surface area (Å²) in [6.07, 6.45) is -1.72. The van der Waals surface area contributed by atoms with E-state index in [1.807, 2.05) is 12.1 Å². The summed E-state index contributed by atoms with van der Waals surface area (Å²) in [5.74, 6) is 0.